The van der Waals surface area contributed by atoms with E-state index in [2.05, 4.69) is 26.2 Å². The second-order valence-corrected chi connectivity index (χ2v) is 6.83. The number of amides is 1. The number of rotatable bonds is 6. The van der Waals surface area contributed by atoms with Gasteiger partial charge in [-0.25, -0.2) is 9.78 Å². The molecule has 0 saturated carbocycles. The zero-order valence-corrected chi connectivity index (χ0v) is 15.6. The average molecular weight is 379 g/mol. The standard InChI is InChI=1S/C17H22FN5O4/c1-6-17(9-24,26-5)7-8-23-10-19-11-12(20-14(18)22-13(11)23)21-15(25)27-16(2,3)4/h1,10,24H,7-9H2,2-5H3,(H,20,21,22,25). The number of hydrogen-bond donors (Lipinski definition) is 2. The number of aliphatic hydroxyl groups is 1. The topological polar surface area (TPSA) is 111 Å². The van der Waals surface area contributed by atoms with Crippen LogP contribution in [0.25, 0.3) is 11.2 Å². The zero-order valence-electron chi connectivity index (χ0n) is 15.6. The molecular formula is C17H22FN5O4. The van der Waals surface area contributed by atoms with Gasteiger partial charge in [0.1, 0.15) is 5.60 Å². The van der Waals surface area contributed by atoms with E-state index in [9.17, 15) is 14.3 Å². The van der Waals surface area contributed by atoms with E-state index >= 15 is 0 Å². The van der Waals surface area contributed by atoms with Crippen LogP contribution in [0.3, 0.4) is 0 Å². The summed E-state index contributed by atoms with van der Waals surface area (Å²) in [7, 11) is 1.40. The molecule has 2 aromatic heterocycles. The number of terminal acetylenes is 1. The number of anilines is 1. The van der Waals surface area contributed by atoms with E-state index in [-0.39, 0.29) is 36.6 Å². The number of fused-ring (bicyclic) bond motifs is 1. The number of aromatic nitrogens is 4. The maximum absolute atomic E-state index is 13.9. The van der Waals surface area contributed by atoms with Crippen LogP contribution in [0.15, 0.2) is 6.33 Å². The molecule has 2 N–H and O–H groups in total. The lowest BCUT2D eigenvalue weighted by Crippen LogP contribution is -2.35. The van der Waals surface area contributed by atoms with Gasteiger partial charge in [0.2, 0.25) is 0 Å². The van der Waals surface area contributed by atoms with Crippen LogP contribution in [0.1, 0.15) is 27.2 Å². The van der Waals surface area contributed by atoms with Crippen molar-refractivity contribution in [3.63, 3.8) is 0 Å². The Morgan fingerprint density at radius 1 is 1.44 bits per heavy atom. The lowest BCUT2D eigenvalue weighted by molar-refractivity contribution is -0.0147. The molecular weight excluding hydrogens is 357 g/mol. The van der Waals surface area contributed by atoms with Gasteiger partial charge in [-0.05, 0) is 20.8 Å². The molecule has 0 aliphatic heterocycles. The maximum Gasteiger partial charge on any atom is 0.413 e. The molecule has 10 heteroatoms. The van der Waals surface area contributed by atoms with Gasteiger partial charge in [0.05, 0.1) is 12.9 Å². The molecule has 1 atom stereocenters. The van der Waals surface area contributed by atoms with Crippen LogP contribution in [0.4, 0.5) is 15.0 Å². The number of aryl methyl sites for hydroxylation is 1. The summed E-state index contributed by atoms with van der Waals surface area (Å²) >= 11 is 0. The van der Waals surface area contributed by atoms with Crippen LogP contribution in [-0.2, 0) is 16.0 Å². The Hall–Kier alpha value is -2.77. The molecule has 146 valence electrons. The van der Waals surface area contributed by atoms with Crippen LogP contribution in [0.2, 0.25) is 0 Å². The normalized spacial score (nSPS) is 13.8. The first kappa shape index (κ1) is 20.5. The molecule has 0 bridgehead atoms. The van der Waals surface area contributed by atoms with Crippen molar-refractivity contribution in [3.8, 4) is 12.3 Å². The van der Waals surface area contributed by atoms with E-state index in [0.29, 0.717) is 0 Å². The molecule has 1 unspecified atom stereocenters. The van der Waals surface area contributed by atoms with Gasteiger partial charge in [0.25, 0.3) is 0 Å². The summed E-state index contributed by atoms with van der Waals surface area (Å²) < 4.78 is 25.7. The Morgan fingerprint density at radius 2 is 2.15 bits per heavy atom. The van der Waals surface area contributed by atoms with E-state index in [1.54, 1.807) is 20.8 Å². The van der Waals surface area contributed by atoms with Gasteiger partial charge in [-0.3, -0.25) is 5.32 Å². The highest BCUT2D eigenvalue weighted by atomic mass is 19.1. The third-order valence-electron chi connectivity index (χ3n) is 3.72. The number of methoxy groups -OCH3 is 1. The number of halogens is 1. The molecule has 1 amide bonds. The highest BCUT2D eigenvalue weighted by Crippen LogP contribution is 2.22. The summed E-state index contributed by atoms with van der Waals surface area (Å²) in [5.41, 5.74) is -1.54. The summed E-state index contributed by atoms with van der Waals surface area (Å²) in [6.45, 7) is 4.98. The number of carbonyl (C=O) groups is 1. The van der Waals surface area contributed by atoms with Crippen LogP contribution in [0, 0.1) is 18.4 Å². The largest absolute Gasteiger partial charge is 0.444 e. The fourth-order valence-electron chi connectivity index (χ4n) is 2.29. The van der Waals surface area contributed by atoms with Gasteiger partial charge in [-0.15, -0.1) is 6.42 Å². The van der Waals surface area contributed by atoms with E-state index in [0.717, 1.165) is 0 Å². The van der Waals surface area contributed by atoms with Gasteiger partial charge >= 0.3 is 12.2 Å². The van der Waals surface area contributed by atoms with Crippen molar-refractivity contribution in [2.24, 2.45) is 0 Å². The Bertz CT molecular complexity index is 865. The quantitative estimate of drug-likeness (QED) is 0.580. The molecule has 2 rings (SSSR count). The lowest BCUT2D eigenvalue weighted by atomic mass is 10.0. The van der Waals surface area contributed by atoms with Crippen molar-refractivity contribution in [2.45, 2.75) is 44.9 Å². The summed E-state index contributed by atoms with van der Waals surface area (Å²) in [5, 5.41) is 11.8. The minimum atomic E-state index is -1.17. The molecule has 0 radical (unpaired) electrons. The number of aliphatic hydroxyl groups excluding tert-OH is 1. The van der Waals surface area contributed by atoms with Gasteiger partial charge < -0.3 is 19.1 Å². The number of nitrogens with zero attached hydrogens (tertiary/aromatic N) is 4. The first-order valence-electron chi connectivity index (χ1n) is 8.15. The fraction of sp³-hybridized carbons (Fsp3) is 0.529. The highest BCUT2D eigenvalue weighted by Gasteiger charge is 2.27. The summed E-state index contributed by atoms with van der Waals surface area (Å²) in [6.07, 6.45) is 5.25. The molecule has 2 aromatic rings. The molecule has 27 heavy (non-hydrogen) atoms. The number of carbonyl (C=O) groups excluding carboxylic acids is 1. The highest BCUT2D eigenvalue weighted by molar-refractivity contribution is 5.93. The number of hydrogen-bond acceptors (Lipinski definition) is 7. The fourth-order valence-corrected chi connectivity index (χ4v) is 2.29. The Kier molecular flexibility index (Phi) is 5.98. The Balaban J connectivity index is 2.29. The predicted octanol–water partition coefficient (Wildman–Crippen LogP) is 1.71. The molecule has 0 aliphatic rings. The van der Waals surface area contributed by atoms with Crippen molar-refractivity contribution in [1.29, 1.82) is 0 Å². The van der Waals surface area contributed by atoms with E-state index in [1.807, 2.05) is 0 Å². The van der Waals surface area contributed by atoms with Crippen LogP contribution >= 0.6 is 0 Å². The maximum atomic E-state index is 13.9. The number of imidazole rings is 1. The smallest absolute Gasteiger partial charge is 0.413 e. The average Bonchev–Trinajstić information content (AvgIpc) is 2.98. The lowest BCUT2D eigenvalue weighted by Gasteiger charge is -2.24. The van der Waals surface area contributed by atoms with Gasteiger partial charge in [-0.2, -0.15) is 14.4 Å². The predicted molar refractivity (Wildman–Crippen MR) is 95.4 cm³/mol. The second-order valence-electron chi connectivity index (χ2n) is 6.83. The van der Waals surface area contributed by atoms with E-state index in [1.165, 1.54) is 18.0 Å². The third kappa shape index (κ3) is 4.90. The molecule has 0 spiro atoms. The molecule has 0 aliphatic carbocycles. The van der Waals surface area contributed by atoms with Crippen molar-refractivity contribution < 1.29 is 23.8 Å². The van der Waals surface area contributed by atoms with E-state index in [4.69, 9.17) is 15.9 Å². The summed E-state index contributed by atoms with van der Waals surface area (Å²) in [6, 6.07) is 0. The minimum Gasteiger partial charge on any atom is -0.444 e. The molecule has 2 heterocycles. The van der Waals surface area contributed by atoms with Crippen molar-refractivity contribution in [2.75, 3.05) is 19.0 Å². The molecule has 9 nitrogen and oxygen atoms in total. The van der Waals surface area contributed by atoms with Crippen molar-refractivity contribution in [1.82, 2.24) is 19.5 Å². The third-order valence-corrected chi connectivity index (χ3v) is 3.72. The molecule has 0 saturated heterocycles. The van der Waals surface area contributed by atoms with Crippen molar-refractivity contribution in [3.05, 3.63) is 12.4 Å². The van der Waals surface area contributed by atoms with Gasteiger partial charge in [-0.1, -0.05) is 5.92 Å². The van der Waals surface area contributed by atoms with Gasteiger partial charge in [0.15, 0.2) is 22.6 Å². The monoisotopic (exact) mass is 379 g/mol. The van der Waals surface area contributed by atoms with E-state index < -0.39 is 23.4 Å². The second kappa shape index (κ2) is 7.85. The number of nitrogens with one attached hydrogen (secondary N) is 1. The van der Waals surface area contributed by atoms with Gasteiger partial charge in [0, 0.05) is 20.1 Å². The molecule has 0 aromatic carbocycles. The molecule has 0 fully saturated rings. The minimum absolute atomic E-state index is 0.109. The van der Waals surface area contributed by atoms with Crippen LogP contribution in [-0.4, -0.2) is 55.6 Å². The summed E-state index contributed by atoms with van der Waals surface area (Å²) in [5.74, 6) is 2.30. The van der Waals surface area contributed by atoms with Crippen LogP contribution in [0.5, 0.6) is 0 Å². The Morgan fingerprint density at radius 3 is 2.70 bits per heavy atom. The Labute approximate surface area is 155 Å². The van der Waals surface area contributed by atoms with Crippen LogP contribution < -0.4 is 5.32 Å². The first-order valence-corrected chi connectivity index (χ1v) is 8.15. The SMILES string of the molecule is C#CC(CO)(CCn1cnc2c(NC(=O)OC(C)(C)C)nc(F)nc21)OC. The number of ether oxygens (including phenoxy) is 2. The van der Waals surface area contributed by atoms with Crippen molar-refractivity contribution >= 4 is 23.1 Å². The first-order chi connectivity index (χ1) is 12.6. The zero-order chi connectivity index (χ0) is 20.2. The summed E-state index contributed by atoms with van der Waals surface area (Å²) in [4.78, 5) is 23.4.